The van der Waals surface area contributed by atoms with Crippen LogP contribution in [0.5, 0.6) is 0 Å². The van der Waals surface area contributed by atoms with Gasteiger partial charge in [0.1, 0.15) is 0 Å². The first kappa shape index (κ1) is 7.12. The number of hydrogen-bond acceptors (Lipinski definition) is 1. The lowest BCUT2D eigenvalue weighted by Gasteiger charge is -1.91. The van der Waals surface area contributed by atoms with Crippen LogP contribution >= 0.6 is 0 Å². The molecule has 3 heteroatoms. The van der Waals surface area contributed by atoms with Crippen LogP contribution in [0.4, 0.5) is 0 Å². The molecule has 0 saturated heterocycles. The maximum atomic E-state index is 10.9. The van der Waals surface area contributed by atoms with Gasteiger partial charge in [-0.25, -0.2) is 0 Å². The molecule has 0 atom stereocenters. The van der Waals surface area contributed by atoms with Crippen molar-refractivity contribution in [3.8, 4) is 0 Å². The Balaban J connectivity index is 3.13. The van der Waals surface area contributed by atoms with Crippen LogP contribution < -0.4 is 5.56 Å². The Labute approximate surface area is 59.4 Å². The third-order valence-electron chi connectivity index (χ3n) is 1.67. The van der Waals surface area contributed by atoms with Crippen LogP contribution in [0.2, 0.25) is 0 Å². The van der Waals surface area contributed by atoms with E-state index in [1.54, 1.807) is 0 Å². The van der Waals surface area contributed by atoms with E-state index in [-0.39, 0.29) is 5.56 Å². The minimum atomic E-state index is 0.0272. The summed E-state index contributed by atoms with van der Waals surface area (Å²) in [5.74, 6) is 0. The van der Waals surface area contributed by atoms with Gasteiger partial charge in [-0.05, 0) is 12.8 Å². The minimum absolute atomic E-state index is 0.0272. The fraction of sp³-hybridized carbons (Fsp3) is 0.571. The van der Waals surface area contributed by atoms with Crippen molar-refractivity contribution in [3.05, 3.63) is 21.6 Å². The molecule has 1 rings (SSSR count). The molecule has 0 amide bonds. The predicted octanol–water partition coefficient (Wildman–Crippen LogP) is 0.828. The van der Waals surface area contributed by atoms with Gasteiger partial charge in [0.15, 0.2) is 0 Å². The average molecular weight is 140 g/mol. The molecule has 0 bridgehead atoms. The van der Waals surface area contributed by atoms with Crippen LogP contribution in [0.25, 0.3) is 0 Å². The minimum Gasteiger partial charge on any atom is -0.302 e. The average Bonchev–Trinajstić information content (AvgIpc) is 2.30. The van der Waals surface area contributed by atoms with Gasteiger partial charge < -0.3 is 5.10 Å². The summed E-state index contributed by atoms with van der Waals surface area (Å²) in [5.41, 5.74) is 1.95. The van der Waals surface area contributed by atoms with E-state index in [1.807, 2.05) is 13.8 Å². The highest BCUT2D eigenvalue weighted by Crippen LogP contribution is 1.99. The molecule has 0 aliphatic carbocycles. The number of nitrogens with one attached hydrogen (secondary N) is 2. The summed E-state index contributed by atoms with van der Waals surface area (Å²) in [6.07, 6.45) is 1.70. The number of hydrogen-bond donors (Lipinski definition) is 2. The van der Waals surface area contributed by atoms with Crippen molar-refractivity contribution in [2.75, 3.05) is 0 Å². The van der Waals surface area contributed by atoms with E-state index >= 15 is 0 Å². The zero-order valence-electron chi connectivity index (χ0n) is 6.32. The monoisotopic (exact) mass is 140 g/mol. The fourth-order valence-electron chi connectivity index (χ4n) is 1.10. The molecule has 2 N–H and O–H groups in total. The normalized spacial score (nSPS) is 10.2. The SMILES string of the molecule is CCc1[nH][nH]c(=O)c1CC. The lowest BCUT2D eigenvalue weighted by molar-refractivity contribution is 0.953. The smallest absolute Gasteiger partial charge is 0.267 e. The van der Waals surface area contributed by atoms with E-state index in [4.69, 9.17) is 0 Å². The molecular weight excluding hydrogens is 128 g/mol. The lowest BCUT2D eigenvalue weighted by atomic mass is 10.2. The van der Waals surface area contributed by atoms with Gasteiger partial charge in [-0.2, -0.15) is 0 Å². The van der Waals surface area contributed by atoms with Crippen molar-refractivity contribution in [2.24, 2.45) is 0 Å². The number of aryl methyl sites for hydroxylation is 1. The molecule has 0 aliphatic heterocycles. The first-order chi connectivity index (χ1) is 4.79. The topological polar surface area (TPSA) is 48.6 Å². The zero-order valence-corrected chi connectivity index (χ0v) is 6.32. The predicted molar refractivity (Wildman–Crippen MR) is 40.2 cm³/mol. The zero-order chi connectivity index (χ0) is 7.56. The number of aromatic nitrogens is 2. The lowest BCUT2D eigenvalue weighted by Crippen LogP contribution is -2.04. The van der Waals surface area contributed by atoms with Gasteiger partial charge in [-0.3, -0.25) is 9.89 Å². The maximum Gasteiger partial charge on any atom is 0.267 e. The van der Waals surface area contributed by atoms with Crippen molar-refractivity contribution in [1.82, 2.24) is 10.2 Å². The maximum absolute atomic E-state index is 10.9. The molecule has 0 aromatic carbocycles. The molecule has 0 aliphatic rings. The molecule has 0 radical (unpaired) electrons. The molecule has 0 fully saturated rings. The molecular formula is C7H12N2O. The van der Waals surface area contributed by atoms with Gasteiger partial charge in [-0.15, -0.1) is 0 Å². The largest absolute Gasteiger partial charge is 0.302 e. The molecule has 0 saturated carbocycles. The van der Waals surface area contributed by atoms with E-state index in [1.165, 1.54) is 0 Å². The summed E-state index contributed by atoms with van der Waals surface area (Å²) in [7, 11) is 0. The molecule has 3 nitrogen and oxygen atoms in total. The van der Waals surface area contributed by atoms with Crippen LogP contribution in [0.1, 0.15) is 25.1 Å². The standard InChI is InChI=1S/C7H12N2O/c1-3-5-6(4-2)8-9-7(5)10/h3-4H2,1-2H3,(H2,8,9,10). The van der Waals surface area contributed by atoms with Crippen molar-refractivity contribution in [2.45, 2.75) is 26.7 Å². The van der Waals surface area contributed by atoms with E-state index in [9.17, 15) is 4.79 Å². The Bertz CT molecular complexity index is 259. The highest BCUT2D eigenvalue weighted by molar-refractivity contribution is 5.15. The molecule has 56 valence electrons. The van der Waals surface area contributed by atoms with Gasteiger partial charge in [0.05, 0.1) is 0 Å². The van der Waals surface area contributed by atoms with Gasteiger partial charge in [0, 0.05) is 11.3 Å². The molecule has 1 aromatic heterocycles. The second kappa shape index (κ2) is 2.73. The van der Waals surface area contributed by atoms with E-state index < -0.39 is 0 Å². The summed E-state index contributed by atoms with van der Waals surface area (Å²) in [4.78, 5) is 10.9. The Morgan fingerprint density at radius 1 is 1.20 bits per heavy atom. The first-order valence-corrected chi connectivity index (χ1v) is 3.58. The van der Waals surface area contributed by atoms with Crippen LogP contribution in [-0.4, -0.2) is 10.2 Å². The van der Waals surface area contributed by atoms with Crippen molar-refractivity contribution < 1.29 is 0 Å². The Hall–Kier alpha value is -0.990. The van der Waals surface area contributed by atoms with Crippen LogP contribution in [0, 0.1) is 0 Å². The first-order valence-electron chi connectivity index (χ1n) is 3.58. The van der Waals surface area contributed by atoms with Crippen LogP contribution in [0.15, 0.2) is 4.79 Å². The van der Waals surface area contributed by atoms with Gasteiger partial charge >= 0.3 is 0 Å². The van der Waals surface area contributed by atoms with Crippen molar-refractivity contribution in [3.63, 3.8) is 0 Å². The summed E-state index contributed by atoms with van der Waals surface area (Å²) >= 11 is 0. The highest BCUT2D eigenvalue weighted by Gasteiger charge is 2.03. The summed E-state index contributed by atoms with van der Waals surface area (Å²) in [5, 5.41) is 5.40. The van der Waals surface area contributed by atoms with Crippen molar-refractivity contribution in [1.29, 1.82) is 0 Å². The summed E-state index contributed by atoms with van der Waals surface area (Å²) < 4.78 is 0. The van der Waals surface area contributed by atoms with Crippen LogP contribution in [0.3, 0.4) is 0 Å². The quantitative estimate of drug-likeness (QED) is 0.628. The second-order valence-corrected chi connectivity index (χ2v) is 2.24. The molecule has 10 heavy (non-hydrogen) atoms. The number of rotatable bonds is 2. The summed E-state index contributed by atoms with van der Waals surface area (Å²) in [6, 6.07) is 0. The highest BCUT2D eigenvalue weighted by atomic mass is 16.1. The third kappa shape index (κ3) is 0.988. The van der Waals surface area contributed by atoms with E-state index in [0.29, 0.717) is 0 Å². The van der Waals surface area contributed by atoms with Gasteiger partial charge in [-0.1, -0.05) is 13.8 Å². The molecule has 1 heterocycles. The fourth-order valence-corrected chi connectivity index (χ4v) is 1.10. The van der Waals surface area contributed by atoms with Gasteiger partial charge in [0.2, 0.25) is 0 Å². The van der Waals surface area contributed by atoms with Gasteiger partial charge in [0.25, 0.3) is 5.56 Å². The Kier molecular flexibility index (Phi) is 1.94. The molecule has 0 unspecified atom stereocenters. The Morgan fingerprint density at radius 3 is 2.30 bits per heavy atom. The summed E-state index contributed by atoms with van der Waals surface area (Å²) in [6.45, 7) is 4.01. The number of H-pyrrole nitrogens is 2. The Morgan fingerprint density at radius 2 is 1.90 bits per heavy atom. The molecule has 1 aromatic rings. The van der Waals surface area contributed by atoms with Crippen LogP contribution in [-0.2, 0) is 12.8 Å². The third-order valence-corrected chi connectivity index (χ3v) is 1.67. The second-order valence-electron chi connectivity index (χ2n) is 2.24. The van der Waals surface area contributed by atoms with E-state index in [2.05, 4.69) is 10.2 Å². The number of aromatic amines is 2. The molecule has 0 spiro atoms. The van der Waals surface area contributed by atoms with Crippen molar-refractivity contribution >= 4 is 0 Å². The van der Waals surface area contributed by atoms with E-state index in [0.717, 1.165) is 24.1 Å².